The standard InChI is InChI=1S/C13H25NO2/c1-13(2,3)8-9-14-12(15)7-6-11-5-4-10-16-11/h11H,4-10H2,1-3H3,(H,14,15)/t11-/m0/s1. The smallest absolute Gasteiger partial charge is 0.220 e. The minimum absolute atomic E-state index is 0.166. The highest BCUT2D eigenvalue weighted by Crippen LogP contribution is 2.18. The van der Waals surface area contributed by atoms with E-state index >= 15 is 0 Å². The quantitative estimate of drug-likeness (QED) is 0.783. The van der Waals surface area contributed by atoms with Gasteiger partial charge in [-0.05, 0) is 31.1 Å². The molecule has 16 heavy (non-hydrogen) atoms. The fraction of sp³-hybridized carbons (Fsp3) is 0.923. The van der Waals surface area contributed by atoms with Crippen molar-refractivity contribution in [2.45, 2.75) is 59.0 Å². The molecule has 1 aliphatic heterocycles. The molecule has 1 heterocycles. The van der Waals surface area contributed by atoms with Gasteiger partial charge in [0.25, 0.3) is 0 Å². The molecule has 94 valence electrons. The van der Waals surface area contributed by atoms with Crippen LogP contribution >= 0.6 is 0 Å². The fourth-order valence-corrected chi connectivity index (χ4v) is 1.83. The Labute approximate surface area is 98.9 Å². The summed E-state index contributed by atoms with van der Waals surface area (Å²) in [7, 11) is 0. The lowest BCUT2D eigenvalue weighted by molar-refractivity contribution is -0.121. The molecule has 1 saturated heterocycles. The number of ether oxygens (including phenoxy) is 1. The lowest BCUT2D eigenvalue weighted by Gasteiger charge is -2.18. The SMILES string of the molecule is CC(C)(C)CCNC(=O)CC[C@@H]1CCCO1. The average Bonchev–Trinajstić information content (AvgIpc) is 2.65. The molecular formula is C13H25NO2. The highest BCUT2D eigenvalue weighted by atomic mass is 16.5. The van der Waals surface area contributed by atoms with Gasteiger partial charge < -0.3 is 10.1 Å². The first-order valence-corrected chi connectivity index (χ1v) is 6.36. The van der Waals surface area contributed by atoms with Gasteiger partial charge in [0.1, 0.15) is 0 Å². The zero-order chi connectivity index (χ0) is 12.0. The average molecular weight is 227 g/mol. The Balaban J connectivity index is 2.02. The Hall–Kier alpha value is -0.570. The summed E-state index contributed by atoms with van der Waals surface area (Å²) in [6.45, 7) is 8.22. The molecule has 0 saturated carbocycles. The van der Waals surface area contributed by atoms with E-state index in [1.807, 2.05) is 0 Å². The van der Waals surface area contributed by atoms with Crippen molar-refractivity contribution in [1.82, 2.24) is 5.32 Å². The van der Waals surface area contributed by atoms with Crippen LogP contribution in [-0.4, -0.2) is 25.2 Å². The maximum atomic E-state index is 11.5. The van der Waals surface area contributed by atoms with Crippen LogP contribution in [0.5, 0.6) is 0 Å². The van der Waals surface area contributed by atoms with Gasteiger partial charge in [-0.2, -0.15) is 0 Å². The number of hydrogen-bond donors (Lipinski definition) is 1. The van der Waals surface area contributed by atoms with Gasteiger partial charge >= 0.3 is 0 Å². The Bertz CT molecular complexity index is 214. The Morgan fingerprint density at radius 3 is 2.75 bits per heavy atom. The molecule has 0 aliphatic carbocycles. The number of amides is 1. The van der Waals surface area contributed by atoms with Gasteiger partial charge in [0.15, 0.2) is 0 Å². The van der Waals surface area contributed by atoms with Gasteiger partial charge in [0.05, 0.1) is 6.10 Å². The van der Waals surface area contributed by atoms with Crippen LogP contribution in [0, 0.1) is 5.41 Å². The second-order valence-corrected chi connectivity index (χ2v) is 5.83. The van der Waals surface area contributed by atoms with E-state index in [2.05, 4.69) is 26.1 Å². The van der Waals surface area contributed by atoms with Crippen LogP contribution in [0.2, 0.25) is 0 Å². The molecule has 3 nitrogen and oxygen atoms in total. The monoisotopic (exact) mass is 227 g/mol. The maximum absolute atomic E-state index is 11.5. The Kier molecular flexibility index (Phi) is 5.26. The van der Waals surface area contributed by atoms with Crippen LogP contribution < -0.4 is 5.32 Å². The topological polar surface area (TPSA) is 38.3 Å². The first kappa shape index (κ1) is 13.5. The third kappa shape index (κ3) is 6.11. The van der Waals surface area contributed by atoms with Gasteiger partial charge in [-0.25, -0.2) is 0 Å². The molecule has 0 unspecified atom stereocenters. The first-order valence-electron chi connectivity index (χ1n) is 6.36. The van der Waals surface area contributed by atoms with E-state index in [0.717, 1.165) is 38.8 Å². The van der Waals surface area contributed by atoms with Gasteiger partial charge in [-0.1, -0.05) is 20.8 Å². The van der Waals surface area contributed by atoms with E-state index < -0.39 is 0 Å². The second-order valence-electron chi connectivity index (χ2n) is 5.83. The van der Waals surface area contributed by atoms with E-state index in [0.29, 0.717) is 17.9 Å². The van der Waals surface area contributed by atoms with Crippen molar-refractivity contribution in [2.24, 2.45) is 5.41 Å². The molecule has 0 bridgehead atoms. The van der Waals surface area contributed by atoms with Gasteiger partial charge in [-0.3, -0.25) is 4.79 Å². The first-order chi connectivity index (χ1) is 7.47. The third-order valence-corrected chi connectivity index (χ3v) is 2.91. The van der Waals surface area contributed by atoms with Crippen LogP contribution in [0.1, 0.15) is 52.9 Å². The maximum Gasteiger partial charge on any atom is 0.220 e. The molecule has 1 aliphatic rings. The predicted octanol–water partition coefficient (Wildman–Crippen LogP) is 2.50. The molecule has 0 radical (unpaired) electrons. The summed E-state index contributed by atoms with van der Waals surface area (Å²) >= 11 is 0. The zero-order valence-electron chi connectivity index (χ0n) is 10.8. The largest absolute Gasteiger partial charge is 0.378 e. The Morgan fingerprint density at radius 2 is 2.19 bits per heavy atom. The number of carbonyl (C=O) groups is 1. The number of carbonyl (C=O) groups excluding carboxylic acids is 1. The molecule has 0 aromatic heterocycles. The summed E-state index contributed by atoms with van der Waals surface area (Å²) < 4.78 is 5.48. The van der Waals surface area contributed by atoms with Crippen LogP contribution in [-0.2, 0) is 9.53 Å². The van der Waals surface area contributed by atoms with Crippen LogP contribution in [0.15, 0.2) is 0 Å². The van der Waals surface area contributed by atoms with Crippen molar-refractivity contribution in [3.63, 3.8) is 0 Å². The van der Waals surface area contributed by atoms with Gasteiger partial charge in [0.2, 0.25) is 5.91 Å². The summed E-state index contributed by atoms with van der Waals surface area (Å²) in [5, 5.41) is 2.97. The number of rotatable bonds is 5. The van der Waals surface area contributed by atoms with E-state index in [4.69, 9.17) is 4.74 Å². The van der Waals surface area contributed by atoms with Crippen LogP contribution in [0.3, 0.4) is 0 Å². The minimum Gasteiger partial charge on any atom is -0.378 e. The summed E-state index contributed by atoms with van der Waals surface area (Å²) in [6.07, 6.45) is 5.11. The molecule has 1 atom stereocenters. The molecule has 3 heteroatoms. The molecule has 1 rings (SSSR count). The Morgan fingerprint density at radius 1 is 1.44 bits per heavy atom. The van der Waals surface area contributed by atoms with Crippen LogP contribution in [0.4, 0.5) is 0 Å². The second kappa shape index (κ2) is 6.24. The van der Waals surface area contributed by atoms with Crippen molar-refractivity contribution in [3.8, 4) is 0 Å². The summed E-state index contributed by atoms with van der Waals surface area (Å²) in [6, 6.07) is 0. The molecule has 1 fully saturated rings. The van der Waals surface area contributed by atoms with Gasteiger partial charge in [-0.15, -0.1) is 0 Å². The third-order valence-electron chi connectivity index (χ3n) is 2.91. The molecule has 1 amide bonds. The number of hydrogen-bond acceptors (Lipinski definition) is 2. The molecule has 0 aromatic carbocycles. The van der Waals surface area contributed by atoms with Crippen LogP contribution in [0.25, 0.3) is 0 Å². The normalized spacial score (nSPS) is 21.1. The molecule has 0 aromatic rings. The lowest BCUT2D eigenvalue weighted by Crippen LogP contribution is -2.27. The van der Waals surface area contributed by atoms with Crippen molar-refractivity contribution >= 4 is 5.91 Å². The highest BCUT2D eigenvalue weighted by molar-refractivity contribution is 5.75. The van der Waals surface area contributed by atoms with E-state index in [-0.39, 0.29) is 5.91 Å². The van der Waals surface area contributed by atoms with E-state index in [1.54, 1.807) is 0 Å². The molecule has 1 N–H and O–H groups in total. The lowest BCUT2D eigenvalue weighted by atomic mass is 9.92. The summed E-state index contributed by atoms with van der Waals surface area (Å²) in [5.74, 6) is 0.166. The zero-order valence-corrected chi connectivity index (χ0v) is 10.8. The van der Waals surface area contributed by atoms with Gasteiger partial charge in [0, 0.05) is 19.6 Å². The minimum atomic E-state index is 0.166. The van der Waals surface area contributed by atoms with Crippen molar-refractivity contribution in [1.29, 1.82) is 0 Å². The van der Waals surface area contributed by atoms with E-state index in [1.165, 1.54) is 0 Å². The molecular weight excluding hydrogens is 202 g/mol. The fourth-order valence-electron chi connectivity index (χ4n) is 1.83. The summed E-state index contributed by atoms with van der Waals surface area (Å²) in [5.41, 5.74) is 0.293. The van der Waals surface area contributed by atoms with Crippen molar-refractivity contribution < 1.29 is 9.53 Å². The van der Waals surface area contributed by atoms with Crippen molar-refractivity contribution in [3.05, 3.63) is 0 Å². The van der Waals surface area contributed by atoms with Crippen molar-refractivity contribution in [2.75, 3.05) is 13.2 Å². The van der Waals surface area contributed by atoms with E-state index in [9.17, 15) is 4.79 Å². The molecule has 0 spiro atoms. The predicted molar refractivity (Wildman–Crippen MR) is 65.3 cm³/mol. The number of nitrogens with one attached hydrogen (secondary N) is 1. The summed E-state index contributed by atoms with van der Waals surface area (Å²) in [4.78, 5) is 11.5. The highest BCUT2D eigenvalue weighted by Gasteiger charge is 2.16.